The summed E-state index contributed by atoms with van der Waals surface area (Å²) in [5, 5.41) is 2.92. The Morgan fingerprint density at radius 1 is 0.949 bits per heavy atom. The molecule has 3 aromatic rings. The molecular weight excluding hydrogens is 488 g/mol. The molecular formula is C32H34N4O3. The summed E-state index contributed by atoms with van der Waals surface area (Å²) in [6.07, 6.45) is 4.19. The molecule has 0 radical (unpaired) electrons. The van der Waals surface area contributed by atoms with Crippen LogP contribution in [0.3, 0.4) is 0 Å². The number of carbonyl (C=O) groups excluding carboxylic acids is 3. The number of pyridine rings is 1. The van der Waals surface area contributed by atoms with E-state index < -0.39 is 0 Å². The summed E-state index contributed by atoms with van der Waals surface area (Å²) >= 11 is 0. The van der Waals surface area contributed by atoms with Crippen molar-refractivity contribution in [3.05, 3.63) is 99.4 Å². The van der Waals surface area contributed by atoms with Crippen molar-refractivity contribution in [2.24, 2.45) is 0 Å². The van der Waals surface area contributed by atoms with E-state index in [2.05, 4.69) is 27.1 Å². The summed E-state index contributed by atoms with van der Waals surface area (Å²) in [6.45, 7) is 8.59. The van der Waals surface area contributed by atoms with Crippen LogP contribution in [0.25, 0.3) is 6.08 Å². The van der Waals surface area contributed by atoms with Gasteiger partial charge >= 0.3 is 0 Å². The van der Waals surface area contributed by atoms with E-state index >= 15 is 0 Å². The minimum absolute atomic E-state index is 0.0206. The molecule has 7 heteroatoms. The highest BCUT2D eigenvalue weighted by molar-refractivity contribution is 6.06. The second kappa shape index (κ2) is 11.4. The molecule has 2 aromatic carbocycles. The average molecular weight is 523 g/mol. The maximum absolute atomic E-state index is 13.1. The third-order valence-electron chi connectivity index (χ3n) is 7.59. The normalized spacial score (nSPS) is 15.5. The summed E-state index contributed by atoms with van der Waals surface area (Å²) in [5.41, 5.74) is 6.99. The molecule has 0 bridgehead atoms. The molecule has 1 aliphatic carbocycles. The molecule has 200 valence electrons. The summed E-state index contributed by atoms with van der Waals surface area (Å²) in [4.78, 5) is 47.1. The van der Waals surface area contributed by atoms with Gasteiger partial charge in [-0.15, -0.1) is 0 Å². The van der Waals surface area contributed by atoms with Gasteiger partial charge in [-0.25, -0.2) is 0 Å². The summed E-state index contributed by atoms with van der Waals surface area (Å²) in [7, 11) is 2.15. The highest BCUT2D eigenvalue weighted by Gasteiger charge is 2.19. The quantitative estimate of drug-likeness (QED) is 0.443. The lowest BCUT2D eigenvalue weighted by Crippen LogP contribution is -2.43. The van der Waals surface area contributed by atoms with Crippen molar-refractivity contribution in [1.82, 2.24) is 14.8 Å². The van der Waals surface area contributed by atoms with Gasteiger partial charge in [-0.3, -0.25) is 24.3 Å². The predicted octanol–water partition coefficient (Wildman–Crippen LogP) is 4.34. The van der Waals surface area contributed by atoms with Gasteiger partial charge in [-0.2, -0.15) is 0 Å². The van der Waals surface area contributed by atoms with Crippen molar-refractivity contribution in [3.63, 3.8) is 0 Å². The van der Waals surface area contributed by atoms with Crippen LogP contribution in [-0.4, -0.2) is 65.5 Å². The first-order valence-corrected chi connectivity index (χ1v) is 13.4. The van der Waals surface area contributed by atoms with Crippen molar-refractivity contribution in [1.29, 1.82) is 0 Å². The van der Waals surface area contributed by atoms with E-state index in [1.165, 1.54) is 5.56 Å². The van der Waals surface area contributed by atoms with E-state index in [1.807, 2.05) is 55.5 Å². The van der Waals surface area contributed by atoms with E-state index in [0.717, 1.165) is 60.7 Å². The molecule has 0 saturated carbocycles. The fourth-order valence-corrected chi connectivity index (χ4v) is 5.07. The van der Waals surface area contributed by atoms with Crippen LogP contribution in [-0.2, 0) is 24.2 Å². The number of likely N-dealkylation sites (N-methyl/N-ethyl adjacent to an activating group) is 1. The zero-order valence-corrected chi connectivity index (χ0v) is 22.8. The van der Waals surface area contributed by atoms with Gasteiger partial charge in [0.15, 0.2) is 11.6 Å². The van der Waals surface area contributed by atoms with Gasteiger partial charge in [0.1, 0.15) is 0 Å². The van der Waals surface area contributed by atoms with Crippen LogP contribution >= 0.6 is 0 Å². The molecule has 1 aliphatic heterocycles. The van der Waals surface area contributed by atoms with Crippen molar-refractivity contribution in [2.45, 2.75) is 33.2 Å². The molecule has 2 heterocycles. The lowest BCUT2D eigenvalue weighted by Gasteiger charge is -2.32. The number of amides is 1. The lowest BCUT2D eigenvalue weighted by atomic mass is 9.98. The average Bonchev–Trinajstić information content (AvgIpc) is 3.35. The maximum atomic E-state index is 13.1. The Morgan fingerprint density at radius 3 is 2.38 bits per heavy atom. The number of nitrogens with one attached hydrogen (secondary N) is 1. The van der Waals surface area contributed by atoms with Gasteiger partial charge in [-0.1, -0.05) is 36.4 Å². The topological polar surface area (TPSA) is 82.6 Å². The van der Waals surface area contributed by atoms with Gasteiger partial charge in [0.2, 0.25) is 0 Å². The van der Waals surface area contributed by atoms with Crippen LogP contribution in [0.4, 0.5) is 5.69 Å². The minimum atomic E-state index is -0.259. The number of ketones is 2. The molecule has 1 N–H and O–H groups in total. The zero-order chi connectivity index (χ0) is 27.5. The zero-order valence-electron chi connectivity index (χ0n) is 22.8. The van der Waals surface area contributed by atoms with Gasteiger partial charge in [0.25, 0.3) is 5.91 Å². The SMILES string of the molecule is CC(=O)C1=Cc2cc(NC(=O)c3cc(CC(=O)c4ccc(CN5CCN(C)CC5)cc4)ccc3C)cnc2C1. The lowest BCUT2D eigenvalue weighted by molar-refractivity contribution is -0.113. The van der Waals surface area contributed by atoms with Crippen LogP contribution in [0.1, 0.15) is 55.6 Å². The molecule has 1 aromatic heterocycles. The number of nitrogens with zero attached hydrogens (tertiary/aromatic N) is 3. The van der Waals surface area contributed by atoms with Crippen molar-refractivity contribution < 1.29 is 14.4 Å². The molecule has 39 heavy (non-hydrogen) atoms. The number of aromatic nitrogens is 1. The third-order valence-corrected chi connectivity index (χ3v) is 7.59. The Hall–Kier alpha value is -3.94. The monoisotopic (exact) mass is 522 g/mol. The van der Waals surface area contributed by atoms with Gasteiger partial charge in [-0.05, 0) is 61.4 Å². The second-order valence-electron chi connectivity index (χ2n) is 10.6. The van der Waals surface area contributed by atoms with E-state index in [1.54, 1.807) is 19.2 Å². The molecule has 2 aliphatic rings. The smallest absolute Gasteiger partial charge is 0.255 e. The molecule has 0 spiro atoms. The molecule has 1 saturated heterocycles. The summed E-state index contributed by atoms with van der Waals surface area (Å²) in [5.74, 6) is -0.208. The van der Waals surface area contributed by atoms with Crippen LogP contribution in [0.15, 0.2) is 60.3 Å². The molecule has 7 nitrogen and oxygen atoms in total. The molecule has 1 fully saturated rings. The predicted molar refractivity (Wildman–Crippen MR) is 153 cm³/mol. The maximum Gasteiger partial charge on any atom is 0.255 e. The first-order valence-electron chi connectivity index (χ1n) is 13.4. The number of piperazine rings is 1. The first-order chi connectivity index (χ1) is 18.7. The van der Waals surface area contributed by atoms with Crippen molar-refractivity contribution >= 4 is 29.2 Å². The Bertz CT molecular complexity index is 1450. The molecule has 0 atom stereocenters. The fourth-order valence-electron chi connectivity index (χ4n) is 5.07. The highest BCUT2D eigenvalue weighted by Crippen LogP contribution is 2.26. The van der Waals surface area contributed by atoms with E-state index in [4.69, 9.17) is 0 Å². The number of Topliss-reactive ketones (excluding diaryl/α,β-unsaturated/α-hetero) is 2. The number of rotatable bonds is 8. The Kier molecular flexibility index (Phi) is 7.82. The summed E-state index contributed by atoms with van der Waals surface area (Å²) in [6, 6.07) is 15.3. The van der Waals surface area contributed by atoms with Gasteiger partial charge < -0.3 is 10.2 Å². The second-order valence-corrected chi connectivity index (χ2v) is 10.6. The Morgan fingerprint density at radius 2 is 1.67 bits per heavy atom. The van der Waals surface area contributed by atoms with Crippen LogP contribution < -0.4 is 5.32 Å². The third kappa shape index (κ3) is 6.38. The van der Waals surface area contributed by atoms with E-state index in [9.17, 15) is 14.4 Å². The number of aryl methyl sites for hydroxylation is 1. The Balaban J connectivity index is 1.22. The number of benzene rings is 2. The molecule has 5 rings (SSSR count). The number of allylic oxidation sites excluding steroid dienone is 1. The Labute approximate surface area is 229 Å². The van der Waals surface area contributed by atoms with Crippen molar-refractivity contribution in [3.8, 4) is 0 Å². The van der Waals surface area contributed by atoms with Crippen LogP contribution in [0.5, 0.6) is 0 Å². The number of fused-ring (bicyclic) bond motifs is 1. The minimum Gasteiger partial charge on any atom is -0.321 e. The number of hydrogen-bond donors (Lipinski definition) is 1. The highest BCUT2D eigenvalue weighted by atomic mass is 16.1. The molecule has 1 amide bonds. The summed E-state index contributed by atoms with van der Waals surface area (Å²) < 4.78 is 0. The molecule has 0 unspecified atom stereocenters. The number of anilines is 1. The standard InChI is InChI=1S/C32H34N4O3/c1-21-4-5-24(15-31(38)25-8-6-23(7-9-25)20-36-12-10-35(3)11-13-36)14-29(21)32(39)34-28-17-27-16-26(22(2)37)18-30(27)33-19-28/h4-9,14,16-17,19H,10-13,15,18,20H2,1-3H3,(H,34,39). The number of carbonyl (C=O) groups is 3. The van der Waals surface area contributed by atoms with Gasteiger partial charge in [0.05, 0.1) is 17.6 Å². The van der Waals surface area contributed by atoms with Crippen LogP contribution in [0, 0.1) is 6.92 Å². The largest absolute Gasteiger partial charge is 0.321 e. The fraction of sp³-hybridized carbons (Fsp3) is 0.312. The number of hydrogen-bond acceptors (Lipinski definition) is 6. The van der Waals surface area contributed by atoms with E-state index in [0.29, 0.717) is 23.2 Å². The van der Waals surface area contributed by atoms with Crippen LogP contribution in [0.2, 0.25) is 0 Å². The van der Waals surface area contributed by atoms with E-state index in [-0.39, 0.29) is 23.9 Å². The van der Waals surface area contributed by atoms with Gasteiger partial charge in [0, 0.05) is 62.3 Å². The first kappa shape index (κ1) is 26.7. The van der Waals surface area contributed by atoms with Crippen molar-refractivity contribution in [2.75, 3.05) is 38.5 Å².